The zero-order valence-corrected chi connectivity index (χ0v) is 16.5. The van der Waals surface area contributed by atoms with E-state index in [0.29, 0.717) is 11.1 Å². The molecule has 26 heavy (non-hydrogen) atoms. The number of carbonyl (C=O) groups excluding carboxylic acids is 1. The fourth-order valence-electron chi connectivity index (χ4n) is 3.41. The molecule has 1 saturated carbocycles. The summed E-state index contributed by atoms with van der Waals surface area (Å²) in [6.07, 6.45) is 5.95. The van der Waals surface area contributed by atoms with Crippen molar-refractivity contribution in [2.24, 2.45) is 0 Å². The van der Waals surface area contributed by atoms with Crippen LogP contribution in [0.25, 0.3) is 0 Å². The molecule has 1 amide bonds. The highest BCUT2D eigenvalue weighted by Gasteiger charge is 2.25. The van der Waals surface area contributed by atoms with Gasteiger partial charge in [-0.2, -0.15) is 0 Å². The number of nitrogens with two attached hydrogens (primary N) is 1. The first-order chi connectivity index (χ1) is 12.5. The van der Waals surface area contributed by atoms with Crippen molar-refractivity contribution in [3.05, 3.63) is 35.2 Å². The number of nitrogens with zero attached hydrogens (tertiary/aromatic N) is 3. The lowest BCUT2D eigenvalue weighted by atomic mass is 9.89. The molecule has 1 atom stereocenters. The number of benzene rings is 1. The number of nitrogens with one attached hydrogen (secondary N) is 1. The van der Waals surface area contributed by atoms with Crippen LogP contribution in [0, 0.1) is 13.8 Å². The van der Waals surface area contributed by atoms with Gasteiger partial charge in [0.05, 0.1) is 5.25 Å². The average Bonchev–Trinajstić information content (AvgIpc) is 2.98. The molecule has 1 aromatic heterocycles. The number of carbonyl (C=O) groups is 1. The van der Waals surface area contributed by atoms with E-state index in [4.69, 9.17) is 5.84 Å². The summed E-state index contributed by atoms with van der Waals surface area (Å²) in [7, 11) is 0. The molecule has 1 aromatic carbocycles. The van der Waals surface area contributed by atoms with Gasteiger partial charge in [0.25, 0.3) is 0 Å². The van der Waals surface area contributed by atoms with Gasteiger partial charge in [-0.1, -0.05) is 48.7 Å². The second-order valence-corrected chi connectivity index (χ2v) is 8.42. The van der Waals surface area contributed by atoms with Crippen molar-refractivity contribution >= 4 is 23.4 Å². The Hall–Kier alpha value is -2.02. The standard InChI is InChI=1S/C19H27N5OS/c1-12-9-10-16(13(2)11-12)21-18(25)14(3)26-19-23-22-17(24(19)20)15-7-5-4-6-8-15/h9-11,14-15H,4-8,20H2,1-3H3,(H,21,25). The fourth-order valence-corrected chi connectivity index (χ4v) is 4.18. The van der Waals surface area contributed by atoms with Crippen molar-refractivity contribution in [3.8, 4) is 0 Å². The molecule has 1 fully saturated rings. The number of thioether (sulfide) groups is 1. The van der Waals surface area contributed by atoms with Crippen LogP contribution in [-0.2, 0) is 4.79 Å². The summed E-state index contributed by atoms with van der Waals surface area (Å²) in [4.78, 5) is 12.5. The lowest BCUT2D eigenvalue weighted by molar-refractivity contribution is -0.115. The maximum atomic E-state index is 12.5. The van der Waals surface area contributed by atoms with Gasteiger partial charge in [0.2, 0.25) is 11.1 Å². The first-order valence-corrected chi connectivity index (χ1v) is 10.1. The van der Waals surface area contributed by atoms with E-state index < -0.39 is 0 Å². The Balaban J connectivity index is 1.64. The summed E-state index contributed by atoms with van der Waals surface area (Å²) in [6, 6.07) is 5.99. The number of aromatic nitrogens is 3. The summed E-state index contributed by atoms with van der Waals surface area (Å²) in [6.45, 7) is 5.89. The van der Waals surface area contributed by atoms with E-state index in [2.05, 4.69) is 21.6 Å². The number of amides is 1. The van der Waals surface area contributed by atoms with Gasteiger partial charge in [-0.05, 0) is 45.2 Å². The highest BCUT2D eigenvalue weighted by atomic mass is 32.2. The Bertz CT molecular complexity index is 782. The highest BCUT2D eigenvalue weighted by Crippen LogP contribution is 2.33. The van der Waals surface area contributed by atoms with Gasteiger partial charge in [-0.3, -0.25) is 4.79 Å². The maximum absolute atomic E-state index is 12.5. The Labute approximate surface area is 158 Å². The lowest BCUT2D eigenvalue weighted by Gasteiger charge is -2.20. The monoisotopic (exact) mass is 373 g/mol. The SMILES string of the molecule is Cc1ccc(NC(=O)C(C)Sc2nnc(C3CCCCC3)n2N)c(C)c1. The third kappa shape index (κ3) is 4.20. The predicted molar refractivity (Wildman–Crippen MR) is 106 cm³/mol. The van der Waals surface area contributed by atoms with Crippen molar-refractivity contribution < 1.29 is 4.79 Å². The van der Waals surface area contributed by atoms with Crippen molar-refractivity contribution in [1.82, 2.24) is 14.9 Å². The zero-order chi connectivity index (χ0) is 18.7. The number of aryl methyl sites for hydroxylation is 2. The summed E-state index contributed by atoms with van der Waals surface area (Å²) in [5.41, 5.74) is 3.07. The van der Waals surface area contributed by atoms with E-state index in [1.165, 1.54) is 36.6 Å². The maximum Gasteiger partial charge on any atom is 0.237 e. The van der Waals surface area contributed by atoms with Gasteiger partial charge >= 0.3 is 0 Å². The predicted octanol–water partition coefficient (Wildman–Crippen LogP) is 3.78. The van der Waals surface area contributed by atoms with E-state index in [9.17, 15) is 4.79 Å². The second-order valence-electron chi connectivity index (χ2n) is 7.11. The van der Waals surface area contributed by atoms with E-state index in [1.54, 1.807) is 4.68 Å². The Kier molecular flexibility index (Phi) is 5.86. The molecular weight excluding hydrogens is 346 g/mol. The number of rotatable bonds is 5. The quantitative estimate of drug-likeness (QED) is 0.615. The van der Waals surface area contributed by atoms with E-state index in [-0.39, 0.29) is 11.2 Å². The minimum absolute atomic E-state index is 0.0656. The highest BCUT2D eigenvalue weighted by molar-refractivity contribution is 8.00. The van der Waals surface area contributed by atoms with Crippen molar-refractivity contribution in [1.29, 1.82) is 0 Å². The summed E-state index contributed by atoms with van der Waals surface area (Å²) < 4.78 is 1.57. The molecule has 1 aliphatic rings. The van der Waals surface area contributed by atoms with Crippen molar-refractivity contribution in [3.63, 3.8) is 0 Å². The molecule has 3 rings (SSSR count). The number of hydrogen-bond donors (Lipinski definition) is 2. The van der Waals surface area contributed by atoms with E-state index >= 15 is 0 Å². The first-order valence-electron chi connectivity index (χ1n) is 9.21. The van der Waals surface area contributed by atoms with Gasteiger partial charge in [0.15, 0.2) is 5.82 Å². The van der Waals surface area contributed by atoms with Gasteiger partial charge in [-0.15, -0.1) is 10.2 Å². The van der Waals surface area contributed by atoms with Crippen LogP contribution in [-0.4, -0.2) is 26.0 Å². The molecule has 0 radical (unpaired) electrons. The largest absolute Gasteiger partial charge is 0.336 e. The Morgan fingerprint density at radius 3 is 2.69 bits per heavy atom. The number of hydrogen-bond acceptors (Lipinski definition) is 5. The molecule has 7 heteroatoms. The topological polar surface area (TPSA) is 85.8 Å². The van der Waals surface area contributed by atoms with E-state index in [0.717, 1.165) is 29.9 Å². The van der Waals surface area contributed by atoms with Crippen molar-refractivity contribution in [2.45, 2.75) is 69.2 Å². The van der Waals surface area contributed by atoms with Crippen LogP contribution in [0.1, 0.15) is 61.9 Å². The number of nitrogen functional groups attached to an aromatic ring is 1. The minimum Gasteiger partial charge on any atom is -0.336 e. The molecule has 1 aliphatic carbocycles. The fraction of sp³-hybridized carbons (Fsp3) is 0.526. The minimum atomic E-state index is -0.318. The molecule has 2 aromatic rings. The van der Waals surface area contributed by atoms with Gasteiger partial charge < -0.3 is 11.2 Å². The molecule has 0 aliphatic heterocycles. The normalized spacial score (nSPS) is 16.4. The van der Waals surface area contributed by atoms with Crippen molar-refractivity contribution in [2.75, 3.05) is 11.2 Å². The summed E-state index contributed by atoms with van der Waals surface area (Å²) in [5, 5.41) is 11.8. The molecule has 140 valence electrons. The average molecular weight is 374 g/mol. The van der Waals surface area contributed by atoms with Crippen LogP contribution in [0.2, 0.25) is 0 Å². The molecule has 0 saturated heterocycles. The molecule has 0 spiro atoms. The van der Waals surface area contributed by atoms with Crippen LogP contribution in [0.4, 0.5) is 5.69 Å². The molecule has 0 bridgehead atoms. The van der Waals surface area contributed by atoms with E-state index in [1.807, 2.05) is 32.9 Å². The Morgan fingerprint density at radius 1 is 1.27 bits per heavy atom. The molecule has 6 nitrogen and oxygen atoms in total. The van der Waals surface area contributed by atoms with Gasteiger partial charge in [0.1, 0.15) is 0 Å². The van der Waals surface area contributed by atoms with Crippen LogP contribution in [0.15, 0.2) is 23.4 Å². The molecule has 3 N–H and O–H groups in total. The summed E-state index contributed by atoms with van der Waals surface area (Å²) >= 11 is 1.34. The third-order valence-electron chi connectivity index (χ3n) is 4.95. The van der Waals surface area contributed by atoms with Gasteiger partial charge in [0, 0.05) is 11.6 Å². The molecule has 1 unspecified atom stereocenters. The first kappa shape index (κ1) is 18.8. The van der Waals surface area contributed by atoms with Crippen LogP contribution < -0.4 is 11.2 Å². The van der Waals surface area contributed by atoms with Crippen LogP contribution >= 0.6 is 11.8 Å². The third-order valence-corrected chi connectivity index (χ3v) is 6.01. The smallest absolute Gasteiger partial charge is 0.237 e. The zero-order valence-electron chi connectivity index (χ0n) is 15.7. The van der Waals surface area contributed by atoms with Crippen LogP contribution in [0.3, 0.4) is 0 Å². The Morgan fingerprint density at radius 2 is 2.00 bits per heavy atom. The van der Waals surface area contributed by atoms with Crippen LogP contribution in [0.5, 0.6) is 0 Å². The van der Waals surface area contributed by atoms with Gasteiger partial charge in [-0.25, -0.2) is 4.68 Å². The summed E-state index contributed by atoms with van der Waals surface area (Å²) in [5.74, 6) is 7.38. The second kappa shape index (κ2) is 8.12. The molecular formula is C19H27N5OS. The number of anilines is 1. The lowest BCUT2D eigenvalue weighted by Crippen LogP contribution is -2.24. The molecule has 1 heterocycles.